The summed E-state index contributed by atoms with van der Waals surface area (Å²) in [6, 6.07) is 10.7. The summed E-state index contributed by atoms with van der Waals surface area (Å²) >= 11 is 5.98. The Morgan fingerprint density at radius 2 is 1.85 bits per heavy atom. The summed E-state index contributed by atoms with van der Waals surface area (Å²) < 4.78 is 31.2. The molecule has 0 fully saturated rings. The van der Waals surface area contributed by atoms with Gasteiger partial charge in [-0.2, -0.15) is 0 Å². The second kappa shape index (κ2) is 8.63. The van der Waals surface area contributed by atoms with Gasteiger partial charge in [0.2, 0.25) is 15.9 Å². The number of halogens is 1. The zero-order valence-electron chi connectivity index (χ0n) is 15.7. The molecule has 1 atom stereocenters. The SMILES string of the molecule is CCOc1ccc(N(C(C)C(=O)Nc2cc(Cl)ccc2C)S(C)(=O)=O)cc1. The molecule has 0 heterocycles. The quantitative estimate of drug-likeness (QED) is 0.752. The van der Waals surface area contributed by atoms with Crippen molar-refractivity contribution in [2.45, 2.75) is 26.8 Å². The highest BCUT2D eigenvalue weighted by Crippen LogP contribution is 2.25. The van der Waals surface area contributed by atoms with Crippen molar-refractivity contribution in [3.05, 3.63) is 53.1 Å². The van der Waals surface area contributed by atoms with Gasteiger partial charge in [-0.25, -0.2) is 8.42 Å². The second-order valence-electron chi connectivity index (χ2n) is 6.11. The number of benzene rings is 2. The number of ether oxygens (including phenoxy) is 1. The zero-order valence-corrected chi connectivity index (χ0v) is 17.3. The van der Waals surface area contributed by atoms with E-state index >= 15 is 0 Å². The first kappa shape index (κ1) is 21.1. The highest BCUT2D eigenvalue weighted by Gasteiger charge is 2.29. The van der Waals surface area contributed by atoms with E-state index in [9.17, 15) is 13.2 Å². The first-order chi connectivity index (χ1) is 12.6. The lowest BCUT2D eigenvalue weighted by Gasteiger charge is -2.28. The van der Waals surface area contributed by atoms with E-state index in [0.29, 0.717) is 28.8 Å². The summed E-state index contributed by atoms with van der Waals surface area (Å²) in [6.45, 7) is 5.73. The molecule has 146 valence electrons. The summed E-state index contributed by atoms with van der Waals surface area (Å²) in [5.41, 5.74) is 1.75. The average molecular weight is 411 g/mol. The molecule has 1 N–H and O–H groups in total. The molecule has 6 nitrogen and oxygen atoms in total. The van der Waals surface area contributed by atoms with Crippen molar-refractivity contribution in [3.8, 4) is 5.75 Å². The standard InChI is InChI=1S/C19H23ClN2O4S/c1-5-26-17-10-8-16(9-11-17)22(27(4,24)25)14(3)19(23)21-18-12-15(20)7-6-13(18)2/h6-12,14H,5H2,1-4H3,(H,21,23). The summed E-state index contributed by atoms with van der Waals surface area (Å²) in [6.07, 6.45) is 1.07. The number of aryl methyl sites for hydroxylation is 1. The van der Waals surface area contributed by atoms with Gasteiger partial charge in [-0.05, 0) is 62.7 Å². The van der Waals surface area contributed by atoms with Crippen LogP contribution >= 0.6 is 11.6 Å². The van der Waals surface area contributed by atoms with Crippen LogP contribution in [0.2, 0.25) is 5.02 Å². The van der Waals surface area contributed by atoms with Crippen LogP contribution in [0.4, 0.5) is 11.4 Å². The maximum Gasteiger partial charge on any atom is 0.248 e. The van der Waals surface area contributed by atoms with Gasteiger partial charge >= 0.3 is 0 Å². The Kier molecular flexibility index (Phi) is 6.73. The highest BCUT2D eigenvalue weighted by molar-refractivity contribution is 7.92. The fourth-order valence-electron chi connectivity index (χ4n) is 2.63. The lowest BCUT2D eigenvalue weighted by Crippen LogP contribution is -2.45. The van der Waals surface area contributed by atoms with E-state index in [4.69, 9.17) is 16.3 Å². The molecule has 0 aliphatic rings. The molecule has 0 saturated carbocycles. The van der Waals surface area contributed by atoms with Gasteiger partial charge in [0.25, 0.3) is 0 Å². The molecule has 0 aromatic heterocycles. The summed E-state index contributed by atoms with van der Waals surface area (Å²) in [7, 11) is -3.69. The molecule has 0 aliphatic heterocycles. The van der Waals surface area contributed by atoms with Gasteiger partial charge in [0.1, 0.15) is 11.8 Å². The number of carbonyl (C=O) groups excluding carboxylic acids is 1. The number of rotatable bonds is 7. The number of hydrogen-bond acceptors (Lipinski definition) is 4. The van der Waals surface area contributed by atoms with Gasteiger partial charge in [0.05, 0.1) is 18.6 Å². The van der Waals surface area contributed by atoms with Gasteiger partial charge in [0.15, 0.2) is 0 Å². The van der Waals surface area contributed by atoms with Crippen LogP contribution in [0.1, 0.15) is 19.4 Å². The molecule has 1 unspecified atom stereocenters. The number of carbonyl (C=O) groups is 1. The Bertz CT molecular complexity index is 914. The number of sulfonamides is 1. The molecule has 0 radical (unpaired) electrons. The summed E-state index contributed by atoms with van der Waals surface area (Å²) in [4.78, 5) is 12.7. The Labute approximate surface area is 165 Å². The topological polar surface area (TPSA) is 75.7 Å². The number of nitrogens with zero attached hydrogens (tertiary/aromatic N) is 1. The molecule has 2 aromatic rings. The molecule has 0 saturated heterocycles. The van der Waals surface area contributed by atoms with Crippen molar-refractivity contribution >= 4 is 38.9 Å². The number of hydrogen-bond donors (Lipinski definition) is 1. The van der Waals surface area contributed by atoms with Crippen molar-refractivity contribution in [2.75, 3.05) is 22.5 Å². The third-order valence-electron chi connectivity index (χ3n) is 3.95. The van der Waals surface area contributed by atoms with Crippen LogP contribution in [0.15, 0.2) is 42.5 Å². The van der Waals surface area contributed by atoms with Crippen LogP contribution in [0.3, 0.4) is 0 Å². The van der Waals surface area contributed by atoms with Crippen molar-refractivity contribution < 1.29 is 17.9 Å². The smallest absolute Gasteiger partial charge is 0.248 e. The normalized spacial score (nSPS) is 12.3. The van der Waals surface area contributed by atoms with E-state index < -0.39 is 22.0 Å². The predicted molar refractivity (Wildman–Crippen MR) is 109 cm³/mol. The third-order valence-corrected chi connectivity index (χ3v) is 5.42. The first-order valence-electron chi connectivity index (χ1n) is 8.42. The van der Waals surface area contributed by atoms with Crippen LogP contribution in [-0.2, 0) is 14.8 Å². The minimum atomic E-state index is -3.69. The van der Waals surface area contributed by atoms with E-state index in [1.165, 1.54) is 6.92 Å². The number of amides is 1. The van der Waals surface area contributed by atoms with Crippen molar-refractivity contribution in [1.29, 1.82) is 0 Å². The number of anilines is 2. The molecule has 27 heavy (non-hydrogen) atoms. The van der Waals surface area contributed by atoms with Crippen LogP contribution in [0.5, 0.6) is 5.75 Å². The Hall–Kier alpha value is -2.25. The molecule has 8 heteroatoms. The van der Waals surface area contributed by atoms with E-state index in [1.807, 2.05) is 13.8 Å². The highest BCUT2D eigenvalue weighted by atomic mass is 35.5. The Balaban J connectivity index is 2.30. The second-order valence-corrected chi connectivity index (χ2v) is 8.41. The Morgan fingerprint density at radius 3 is 2.41 bits per heavy atom. The maximum absolute atomic E-state index is 12.7. The van der Waals surface area contributed by atoms with Crippen LogP contribution in [0.25, 0.3) is 0 Å². The molecule has 2 rings (SSSR count). The molecular weight excluding hydrogens is 388 g/mol. The fourth-order valence-corrected chi connectivity index (χ4v) is 3.98. The van der Waals surface area contributed by atoms with E-state index in [1.54, 1.807) is 42.5 Å². The first-order valence-corrected chi connectivity index (χ1v) is 10.7. The van der Waals surface area contributed by atoms with E-state index in [0.717, 1.165) is 16.1 Å². The minimum Gasteiger partial charge on any atom is -0.494 e. The molecular formula is C19H23ClN2O4S. The molecule has 2 aromatic carbocycles. The summed E-state index contributed by atoms with van der Waals surface area (Å²) in [5, 5.41) is 3.23. The van der Waals surface area contributed by atoms with Gasteiger partial charge in [-0.15, -0.1) is 0 Å². The minimum absolute atomic E-state index is 0.381. The van der Waals surface area contributed by atoms with Crippen LogP contribution in [0, 0.1) is 6.92 Å². The van der Waals surface area contributed by atoms with Crippen molar-refractivity contribution in [2.24, 2.45) is 0 Å². The predicted octanol–water partition coefficient (Wildman–Crippen LogP) is 3.84. The van der Waals surface area contributed by atoms with E-state index in [-0.39, 0.29) is 0 Å². The summed E-state index contributed by atoms with van der Waals surface area (Å²) in [5.74, 6) is 0.168. The van der Waals surface area contributed by atoms with Gasteiger partial charge in [0, 0.05) is 10.7 Å². The van der Waals surface area contributed by atoms with E-state index in [2.05, 4.69) is 5.32 Å². The fraction of sp³-hybridized carbons (Fsp3) is 0.316. The number of nitrogens with one attached hydrogen (secondary N) is 1. The molecule has 0 aliphatic carbocycles. The van der Waals surface area contributed by atoms with Gasteiger partial charge in [-0.1, -0.05) is 17.7 Å². The molecule has 1 amide bonds. The van der Waals surface area contributed by atoms with Gasteiger partial charge in [-0.3, -0.25) is 9.10 Å². The van der Waals surface area contributed by atoms with Crippen LogP contribution in [-0.4, -0.2) is 33.2 Å². The average Bonchev–Trinajstić information content (AvgIpc) is 2.59. The zero-order chi connectivity index (χ0) is 20.2. The third kappa shape index (κ3) is 5.37. The van der Waals surface area contributed by atoms with Crippen molar-refractivity contribution in [3.63, 3.8) is 0 Å². The maximum atomic E-state index is 12.7. The lowest BCUT2D eigenvalue weighted by atomic mass is 10.2. The monoisotopic (exact) mass is 410 g/mol. The van der Waals surface area contributed by atoms with Crippen molar-refractivity contribution in [1.82, 2.24) is 0 Å². The molecule has 0 spiro atoms. The van der Waals surface area contributed by atoms with Crippen LogP contribution < -0.4 is 14.4 Å². The Morgan fingerprint density at radius 1 is 1.22 bits per heavy atom. The van der Waals surface area contributed by atoms with Gasteiger partial charge < -0.3 is 10.1 Å². The molecule has 0 bridgehead atoms. The lowest BCUT2D eigenvalue weighted by molar-refractivity contribution is -0.116. The largest absolute Gasteiger partial charge is 0.494 e.